The standard InChI is InChI=1S/C19H16F2O5/c1-2-23-17-9-12(4-7-16(17)26-19(20)21)3-6-14(22)13-5-8-15-18(10-13)25-11-24-15/h3-10,19H,2,11H2,1H3/b6-3+. The first-order chi connectivity index (χ1) is 12.6. The van der Waals surface area contributed by atoms with Gasteiger partial charge in [0.05, 0.1) is 6.61 Å². The minimum Gasteiger partial charge on any atom is -0.490 e. The van der Waals surface area contributed by atoms with Crippen molar-refractivity contribution in [1.82, 2.24) is 0 Å². The van der Waals surface area contributed by atoms with E-state index in [2.05, 4.69) is 4.74 Å². The average Bonchev–Trinajstić information content (AvgIpc) is 3.09. The monoisotopic (exact) mass is 362 g/mol. The number of rotatable bonds is 7. The van der Waals surface area contributed by atoms with Crippen LogP contribution in [-0.2, 0) is 0 Å². The molecular weight excluding hydrogens is 346 g/mol. The lowest BCUT2D eigenvalue weighted by Crippen LogP contribution is -2.04. The Morgan fingerprint density at radius 1 is 1.15 bits per heavy atom. The Morgan fingerprint density at radius 2 is 1.96 bits per heavy atom. The van der Waals surface area contributed by atoms with Crippen LogP contribution in [0.2, 0.25) is 0 Å². The zero-order valence-electron chi connectivity index (χ0n) is 13.9. The van der Waals surface area contributed by atoms with Crippen LogP contribution >= 0.6 is 0 Å². The summed E-state index contributed by atoms with van der Waals surface area (Å²) in [5.41, 5.74) is 1.07. The maximum Gasteiger partial charge on any atom is 0.387 e. The molecule has 1 aliphatic heterocycles. The summed E-state index contributed by atoms with van der Waals surface area (Å²) in [5.74, 6) is 1.03. The van der Waals surface area contributed by atoms with Gasteiger partial charge in [0, 0.05) is 5.56 Å². The predicted molar refractivity (Wildman–Crippen MR) is 90.2 cm³/mol. The topological polar surface area (TPSA) is 54.0 Å². The van der Waals surface area contributed by atoms with Crippen molar-refractivity contribution in [2.24, 2.45) is 0 Å². The van der Waals surface area contributed by atoms with E-state index in [1.165, 1.54) is 18.2 Å². The first-order valence-corrected chi connectivity index (χ1v) is 7.90. The van der Waals surface area contributed by atoms with Gasteiger partial charge in [-0.2, -0.15) is 8.78 Å². The number of hydrogen-bond donors (Lipinski definition) is 0. The van der Waals surface area contributed by atoms with Gasteiger partial charge in [0.1, 0.15) is 0 Å². The van der Waals surface area contributed by atoms with Crippen molar-refractivity contribution in [2.45, 2.75) is 13.5 Å². The Labute approximate surface area is 148 Å². The first-order valence-electron chi connectivity index (χ1n) is 7.90. The van der Waals surface area contributed by atoms with Crippen LogP contribution in [0.25, 0.3) is 6.08 Å². The van der Waals surface area contributed by atoms with E-state index in [0.29, 0.717) is 29.2 Å². The van der Waals surface area contributed by atoms with Gasteiger partial charge in [0.25, 0.3) is 0 Å². The molecule has 2 aromatic carbocycles. The van der Waals surface area contributed by atoms with E-state index in [0.717, 1.165) is 0 Å². The summed E-state index contributed by atoms with van der Waals surface area (Å²) in [4.78, 5) is 12.3. The molecule has 0 fully saturated rings. The van der Waals surface area contributed by atoms with Gasteiger partial charge in [-0.15, -0.1) is 0 Å². The number of ether oxygens (including phenoxy) is 4. The number of ketones is 1. The Morgan fingerprint density at radius 3 is 2.73 bits per heavy atom. The number of allylic oxidation sites excluding steroid dienone is 1. The molecule has 0 atom stereocenters. The number of carbonyl (C=O) groups excluding carboxylic acids is 1. The van der Waals surface area contributed by atoms with Gasteiger partial charge < -0.3 is 18.9 Å². The Kier molecular flexibility index (Phi) is 5.36. The van der Waals surface area contributed by atoms with Crippen molar-refractivity contribution in [2.75, 3.05) is 13.4 Å². The molecule has 0 radical (unpaired) electrons. The quantitative estimate of drug-likeness (QED) is 0.543. The molecule has 136 valence electrons. The summed E-state index contributed by atoms with van der Waals surface area (Å²) in [6, 6.07) is 9.40. The molecule has 0 spiro atoms. The summed E-state index contributed by atoms with van der Waals surface area (Å²) >= 11 is 0. The molecule has 0 aromatic heterocycles. The van der Waals surface area contributed by atoms with Gasteiger partial charge in [0.2, 0.25) is 6.79 Å². The molecule has 7 heteroatoms. The van der Waals surface area contributed by atoms with Gasteiger partial charge in [-0.1, -0.05) is 12.1 Å². The molecule has 0 saturated carbocycles. The van der Waals surface area contributed by atoms with E-state index < -0.39 is 6.61 Å². The fourth-order valence-corrected chi connectivity index (χ4v) is 2.41. The number of hydrogen-bond acceptors (Lipinski definition) is 5. The van der Waals surface area contributed by atoms with E-state index >= 15 is 0 Å². The lowest BCUT2D eigenvalue weighted by atomic mass is 10.1. The third kappa shape index (κ3) is 4.11. The van der Waals surface area contributed by atoms with Crippen molar-refractivity contribution < 1.29 is 32.5 Å². The smallest absolute Gasteiger partial charge is 0.387 e. The van der Waals surface area contributed by atoms with Gasteiger partial charge in [-0.05, 0) is 48.9 Å². The third-order valence-electron chi connectivity index (χ3n) is 3.57. The van der Waals surface area contributed by atoms with Crippen LogP contribution in [0.3, 0.4) is 0 Å². The highest BCUT2D eigenvalue weighted by Crippen LogP contribution is 2.33. The van der Waals surface area contributed by atoms with Gasteiger partial charge in [0.15, 0.2) is 28.8 Å². The van der Waals surface area contributed by atoms with Crippen molar-refractivity contribution in [3.63, 3.8) is 0 Å². The summed E-state index contributed by atoms with van der Waals surface area (Å²) in [6.45, 7) is -0.778. The molecule has 1 heterocycles. The fourth-order valence-electron chi connectivity index (χ4n) is 2.41. The van der Waals surface area contributed by atoms with Gasteiger partial charge in [-0.25, -0.2) is 0 Å². The average molecular weight is 362 g/mol. The molecule has 0 saturated heterocycles. The zero-order chi connectivity index (χ0) is 18.5. The van der Waals surface area contributed by atoms with Crippen molar-refractivity contribution in [3.05, 3.63) is 53.6 Å². The molecule has 3 rings (SSSR count). The second kappa shape index (κ2) is 7.86. The first kappa shape index (κ1) is 17.7. The summed E-state index contributed by atoms with van der Waals surface area (Å²) < 4.78 is 45.0. The highest BCUT2D eigenvalue weighted by Gasteiger charge is 2.15. The fraction of sp³-hybridized carbons (Fsp3) is 0.211. The predicted octanol–water partition coefficient (Wildman–Crippen LogP) is 4.31. The molecule has 0 amide bonds. The van der Waals surface area contributed by atoms with Crippen molar-refractivity contribution in [1.29, 1.82) is 0 Å². The lowest BCUT2D eigenvalue weighted by molar-refractivity contribution is -0.0514. The van der Waals surface area contributed by atoms with E-state index in [-0.39, 0.29) is 24.1 Å². The number of benzene rings is 2. The number of alkyl halides is 2. The third-order valence-corrected chi connectivity index (χ3v) is 3.57. The van der Waals surface area contributed by atoms with Crippen LogP contribution in [0.15, 0.2) is 42.5 Å². The summed E-state index contributed by atoms with van der Waals surface area (Å²) in [5, 5.41) is 0. The highest BCUT2D eigenvalue weighted by atomic mass is 19.3. The van der Waals surface area contributed by atoms with Gasteiger partial charge in [-0.3, -0.25) is 4.79 Å². The van der Waals surface area contributed by atoms with Gasteiger partial charge >= 0.3 is 6.61 Å². The largest absolute Gasteiger partial charge is 0.490 e. The lowest BCUT2D eigenvalue weighted by Gasteiger charge is -2.11. The Hall–Kier alpha value is -3.09. The number of fused-ring (bicyclic) bond motifs is 1. The van der Waals surface area contributed by atoms with Crippen molar-refractivity contribution in [3.8, 4) is 23.0 Å². The normalized spacial score (nSPS) is 12.6. The van der Waals surface area contributed by atoms with E-state index in [1.54, 1.807) is 37.3 Å². The second-order valence-electron chi connectivity index (χ2n) is 5.28. The summed E-state index contributed by atoms with van der Waals surface area (Å²) in [6.07, 6.45) is 2.96. The van der Waals surface area contributed by atoms with E-state index in [9.17, 15) is 13.6 Å². The molecule has 0 bridgehead atoms. The zero-order valence-corrected chi connectivity index (χ0v) is 13.9. The summed E-state index contributed by atoms with van der Waals surface area (Å²) in [7, 11) is 0. The molecule has 26 heavy (non-hydrogen) atoms. The number of carbonyl (C=O) groups is 1. The maximum atomic E-state index is 12.4. The van der Waals surface area contributed by atoms with Crippen molar-refractivity contribution >= 4 is 11.9 Å². The van der Waals surface area contributed by atoms with Crippen LogP contribution in [-0.4, -0.2) is 25.8 Å². The molecule has 5 nitrogen and oxygen atoms in total. The molecule has 0 N–H and O–H groups in total. The van der Waals surface area contributed by atoms with Crippen LogP contribution in [0.4, 0.5) is 8.78 Å². The van der Waals surface area contributed by atoms with Crippen LogP contribution < -0.4 is 18.9 Å². The molecular formula is C19H16F2O5. The SMILES string of the molecule is CCOc1cc(/C=C/C(=O)c2ccc3c(c2)OCO3)ccc1OC(F)F. The molecule has 0 aliphatic carbocycles. The van der Waals surface area contributed by atoms with E-state index in [4.69, 9.17) is 14.2 Å². The maximum absolute atomic E-state index is 12.4. The molecule has 2 aromatic rings. The van der Waals surface area contributed by atoms with Crippen LogP contribution in [0.5, 0.6) is 23.0 Å². The minimum atomic E-state index is -2.94. The molecule has 0 unspecified atom stereocenters. The molecule has 1 aliphatic rings. The highest BCUT2D eigenvalue weighted by molar-refractivity contribution is 6.07. The van der Waals surface area contributed by atoms with Crippen LogP contribution in [0.1, 0.15) is 22.8 Å². The Bertz CT molecular complexity index is 833. The van der Waals surface area contributed by atoms with Crippen LogP contribution in [0, 0.1) is 0 Å². The number of halogens is 2. The van der Waals surface area contributed by atoms with E-state index in [1.807, 2.05) is 0 Å². The second-order valence-corrected chi connectivity index (χ2v) is 5.28. The minimum absolute atomic E-state index is 0.0545. The Balaban J connectivity index is 1.76.